The van der Waals surface area contributed by atoms with Crippen molar-refractivity contribution in [1.82, 2.24) is 29.0 Å². The minimum atomic E-state index is -0.575. The fourth-order valence-corrected chi connectivity index (χ4v) is 3.77. The maximum atomic E-state index is 12.7. The molecule has 4 heterocycles. The van der Waals surface area contributed by atoms with Gasteiger partial charge in [0.1, 0.15) is 12.4 Å². The smallest absolute Gasteiger partial charge is 0.332 e. The first-order valence-electron chi connectivity index (χ1n) is 10.0. The summed E-state index contributed by atoms with van der Waals surface area (Å²) in [7, 11) is 3.20. The minimum Gasteiger partial charge on any atom is -0.357 e. The van der Waals surface area contributed by atoms with Crippen LogP contribution in [0, 0.1) is 0 Å². The predicted octanol–water partition coefficient (Wildman–Crippen LogP) is 0.135. The molecule has 1 aliphatic rings. The maximum Gasteiger partial charge on any atom is 0.332 e. The number of rotatable bonds is 5. The summed E-state index contributed by atoms with van der Waals surface area (Å²) in [6, 6.07) is 3.90. The van der Waals surface area contributed by atoms with Crippen LogP contribution in [0.2, 0.25) is 0 Å². The van der Waals surface area contributed by atoms with Crippen molar-refractivity contribution in [2.45, 2.75) is 32.4 Å². The van der Waals surface area contributed by atoms with Gasteiger partial charge in [0.2, 0.25) is 5.91 Å². The van der Waals surface area contributed by atoms with Gasteiger partial charge in [0.05, 0.1) is 6.33 Å². The molecule has 3 aromatic rings. The van der Waals surface area contributed by atoms with Crippen molar-refractivity contribution < 1.29 is 4.79 Å². The van der Waals surface area contributed by atoms with Crippen LogP contribution in [0.25, 0.3) is 11.2 Å². The van der Waals surface area contributed by atoms with E-state index >= 15 is 0 Å². The third-order valence-electron chi connectivity index (χ3n) is 5.48. The number of hydrogen-bond donors (Lipinski definition) is 1. The molecule has 0 aliphatic carbocycles. The van der Waals surface area contributed by atoms with Gasteiger partial charge in [-0.25, -0.2) is 19.3 Å². The number of carbonyl (C=O) groups excluding carboxylic acids is 1. The molecule has 1 aliphatic heterocycles. The number of pyridine rings is 1. The topological polar surface area (TPSA) is 107 Å². The Labute approximate surface area is 172 Å². The first kappa shape index (κ1) is 19.9. The van der Waals surface area contributed by atoms with Crippen LogP contribution in [-0.4, -0.2) is 42.7 Å². The van der Waals surface area contributed by atoms with Crippen LogP contribution in [0.1, 0.15) is 24.8 Å². The second-order valence-corrected chi connectivity index (χ2v) is 7.61. The number of aryl methyl sites for hydroxylation is 2. The zero-order valence-electron chi connectivity index (χ0n) is 17.2. The molecular weight excluding hydrogens is 386 g/mol. The lowest BCUT2D eigenvalue weighted by Crippen LogP contribution is -2.43. The Balaban J connectivity index is 1.44. The number of hydrogen-bond acceptors (Lipinski definition) is 6. The molecule has 1 saturated heterocycles. The van der Waals surface area contributed by atoms with Gasteiger partial charge < -0.3 is 14.8 Å². The van der Waals surface area contributed by atoms with Crippen molar-refractivity contribution >= 4 is 22.9 Å². The number of fused-ring (bicyclic) bond motifs is 1. The molecule has 1 amide bonds. The number of carbonyl (C=O) groups is 1. The molecule has 0 aromatic carbocycles. The highest BCUT2D eigenvalue weighted by Gasteiger charge is 2.17. The van der Waals surface area contributed by atoms with Crippen molar-refractivity contribution in [2.75, 3.05) is 18.0 Å². The molecule has 0 unspecified atom stereocenters. The zero-order valence-corrected chi connectivity index (χ0v) is 17.2. The second-order valence-electron chi connectivity index (χ2n) is 7.61. The van der Waals surface area contributed by atoms with E-state index in [1.165, 1.54) is 37.2 Å². The second kappa shape index (κ2) is 8.13. The molecule has 158 valence electrons. The lowest BCUT2D eigenvalue weighted by atomic mass is 10.1. The number of nitrogens with zero attached hydrogens (tertiary/aromatic N) is 6. The molecule has 4 rings (SSSR count). The van der Waals surface area contributed by atoms with E-state index in [1.54, 1.807) is 17.8 Å². The lowest BCUT2D eigenvalue weighted by molar-refractivity contribution is -0.121. The Hall–Kier alpha value is -3.43. The SMILES string of the molecule is Cn1cnc2c1c(=O)n(CC(=O)NCc1ccc(N3CCCCC3)nc1)c(=O)n2C. The zero-order chi connectivity index (χ0) is 21.3. The Kier molecular flexibility index (Phi) is 5.39. The van der Waals surface area contributed by atoms with E-state index in [2.05, 4.69) is 20.2 Å². The highest BCUT2D eigenvalue weighted by Crippen LogP contribution is 2.17. The normalized spacial score (nSPS) is 14.3. The van der Waals surface area contributed by atoms with Gasteiger partial charge in [-0.15, -0.1) is 0 Å². The van der Waals surface area contributed by atoms with E-state index in [0.717, 1.165) is 29.0 Å². The van der Waals surface area contributed by atoms with Crippen molar-refractivity contribution in [3.05, 3.63) is 51.1 Å². The predicted molar refractivity (Wildman–Crippen MR) is 112 cm³/mol. The van der Waals surface area contributed by atoms with Crippen LogP contribution in [0.5, 0.6) is 0 Å². The van der Waals surface area contributed by atoms with Crippen molar-refractivity contribution in [3.8, 4) is 0 Å². The Morgan fingerprint density at radius 3 is 2.57 bits per heavy atom. The van der Waals surface area contributed by atoms with Gasteiger partial charge in [0, 0.05) is 39.9 Å². The van der Waals surface area contributed by atoms with Crippen molar-refractivity contribution in [3.63, 3.8) is 0 Å². The Morgan fingerprint density at radius 1 is 1.10 bits per heavy atom. The summed E-state index contributed by atoms with van der Waals surface area (Å²) in [5.41, 5.74) is 0.322. The number of amides is 1. The van der Waals surface area contributed by atoms with Crippen molar-refractivity contribution in [1.29, 1.82) is 0 Å². The van der Waals surface area contributed by atoms with Gasteiger partial charge in [0.15, 0.2) is 11.2 Å². The monoisotopic (exact) mass is 411 g/mol. The molecule has 0 bridgehead atoms. The average molecular weight is 411 g/mol. The Bertz CT molecular complexity index is 1180. The van der Waals surface area contributed by atoms with E-state index in [4.69, 9.17) is 0 Å². The van der Waals surface area contributed by atoms with Crippen LogP contribution in [0.4, 0.5) is 5.82 Å². The third-order valence-corrected chi connectivity index (χ3v) is 5.48. The van der Waals surface area contributed by atoms with Crippen LogP contribution in [0.15, 0.2) is 34.2 Å². The van der Waals surface area contributed by atoms with E-state index in [0.29, 0.717) is 5.65 Å². The van der Waals surface area contributed by atoms with Gasteiger partial charge in [0.25, 0.3) is 5.56 Å². The third kappa shape index (κ3) is 3.72. The van der Waals surface area contributed by atoms with Crippen LogP contribution < -0.4 is 21.5 Å². The van der Waals surface area contributed by atoms with Crippen molar-refractivity contribution in [2.24, 2.45) is 14.1 Å². The van der Waals surface area contributed by atoms with Gasteiger partial charge in [-0.1, -0.05) is 6.07 Å². The summed E-state index contributed by atoms with van der Waals surface area (Å²) >= 11 is 0. The summed E-state index contributed by atoms with van der Waals surface area (Å²) in [6.07, 6.45) is 6.85. The molecule has 1 N–H and O–H groups in total. The summed E-state index contributed by atoms with van der Waals surface area (Å²) in [4.78, 5) is 48.4. The quantitative estimate of drug-likeness (QED) is 0.640. The molecule has 0 atom stereocenters. The van der Waals surface area contributed by atoms with Gasteiger partial charge in [-0.2, -0.15) is 0 Å². The largest absolute Gasteiger partial charge is 0.357 e. The highest BCUT2D eigenvalue weighted by molar-refractivity contribution is 5.76. The van der Waals surface area contributed by atoms with E-state index in [1.807, 2.05) is 12.1 Å². The summed E-state index contributed by atoms with van der Waals surface area (Å²) < 4.78 is 3.74. The highest BCUT2D eigenvalue weighted by atomic mass is 16.2. The summed E-state index contributed by atoms with van der Waals surface area (Å²) in [5, 5.41) is 2.75. The molecule has 0 saturated carbocycles. The first-order valence-corrected chi connectivity index (χ1v) is 10.0. The standard InChI is InChI=1S/C20H25N7O3/c1-24-13-23-18-17(24)19(29)27(20(30)25(18)2)12-16(28)22-11-14-6-7-15(21-10-14)26-8-4-3-5-9-26/h6-7,10,13H,3-5,8-9,11-12H2,1-2H3,(H,22,28). The fourth-order valence-electron chi connectivity index (χ4n) is 3.77. The van der Waals surface area contributed by atoms with Gasteiger partial charge in [-0.3, -0.25) is 14.2 Å². The van der Waals surface area contributed by atoms with E-state index in [-0.39, 0.29) is 18.6 Å². The molecular formula is C20H25N7O3. The number of aromatic nitrogens is 5. The Morgan fingerprint density at radius 2 is 1.87 bits per heavy atom. The number of imidazole rings is 1. The molecule has 10 nitrogen and oxygen atoms in total. The summed E-state index contributed by atoms with van der Waals surface area (Å²) in [6.45, 7) is 1.96. The molecule has 30 heavy (non-hydrogen) atoms. The van der Waals surface area contributed by atoms with E-state index in [9.17, 15) is 14.4 Å². The van der Waals surface area contributed by atoms with Gasteiger partial charge >= 0.3 is 5.69 Å². The van der Waals surface area contributed by atoms with E-state index < -0.39 is 17.2 Å². The number of anilines is 1. The van der Waals surface area contributed by atoms with Crippen LogP contribution in [-0.2, 0) is 32.0 Å². The molecule has 10 heteroatoms. The average Bonchev–Trinajstić information content (AvgIpc) is 3.16. The number of piperidine rings is 1. The first-order chi connectivity index (χ1) is 14.5. The lowest BCUT2D eigenvalue weighted by Gasteiger charge is -2.27. The summed E-state index contributed by atoms with van der Waals surface area (Å²) in [5.74, 6) is 0.528. The number of nitrogens with one attached hydrogen (secondary N) is 1. The van der Waals surface area contributed by atoms with Crippen LogP contribution in [0.3, 0.4) is 0 Å². The fraction of sp³-hybridized carbons (Fsp3) is 0.450. The van der Waals surface area contributed by atoms with Gasteiger partial charge in [-0.05, 0) is 30.9 Å². The maximum absolute atomic E-state index is 12.7. The molecule has 3 aromatic heterocycles. The molecule has 0 spiro atoms. The minimum absolute atomic E-state index is 0.273. The molecule has 1 fully saturated rings. The molecule has 0 radical (unpaired) electrons. The van der Waals surface area contributed by atoms with Crippen LogP contribution >= 0.6 is 0 Å².